The minimum absolute atomic E-state index is 0.0326. The Labute approximate surface area is 422 Å². The predicted octanol–water partition coefficient (Wildman–Crippen LogP) is 19.3. The van der Waals surface area contributed by atoms with Gasteiger partial charge in [-0.1, -0.05) is 197 Å². The number of rotatable bonds is 8. The van der Waals surface area contributed by atoms with Crippen molar-refractivity contribution in [3.05, 3.63) is 246 Å². The summed E-state index contributed by atoms with van der Waals surface area (Å²) in [5, 5.41) is 0. The molecule has 0 atom stereocenters. The van der Waals surface area contributed by atoms with Gasteiger partial charge in [0.05, 0.1) is 17.1 Å². The maximum Gasteiger partial charge on any atom is 0.0545 e. The molecule has 0 aromatic heterocycles. The highest BCUT2D eigenvalue weighted by Crippen LogP contribution is 2.62. The fourth-order valence-electron chi connectivity index (χ4n) is 11.1. The minimum atomic E-state index is -0.401. The average molecular weight is 924 g/mol. The predicted molar refractivity (Wildman–Crippen MR) is 303 cm³/mol. The van der Waals surface area contributed by atoms with Crippen LogP contribution in [0.5, 0.6) is 0 Å². The number of hydrogen-bond donors (Lipinski definition) is 0. The van der Waals surface area contributed by atoms with Gasteiger partial charge in [0.2, 0.25) is 0 Å². The summed E-state index contributed by atoms with van der Waals surface area (Å²) in [6.45, 7) is 23.4. The van der Waals surface area contributed by atoms with E-state index in [1.807, 2.05) is 0 Å². The third kappa shape index (κ3) is 8.02. The number of benzene rings is 9. The molecule has 71 heavy (non-hydrogen) atoms. The molecule has 11 rings (SSSR count). The van der Waals surface area contributed by atoms with Gasteiger partial charge in [-0.05, 0) is 151 Å². The van der Waals surface area contributed by atoms with Gasteiger partial charge in [-0.15, -0.1) is 0 Å². The van der Waals surface area contributed by atoms with Crippen LogP contribution >= 0.6 is 0 Å². The van der Waals surface area contributed by atoms with Gasteiger partial charge >= 0.3 is 0 Å². The monoisotopic (exact) mass is 924 g/mol. The molecule has 0 radical (unpaired) electrons. The van der Waals surface area contributed by atoms with Gasteiger partial charge in [0.15, 0.2) is 0 Å². The van der Waals surface area contributed by atoms with Gasteiger partial charge in [0.1, 0.15) is 0 Å². The van der Waals surface area contributed by atoms with Crippen LogP contribution in [0.25, 0.3) is 22.3 Å². The maximum atomic E-state index is 2.58. The van der Waals surface area contributed by atoms with E-state index in [-0.39, 0.29) is 16.2 Å². The molecule has 9 aromatic rings. The van der Waals surface area contributed by atoms with Crippen molar-refractivity contribution in [2.24, 2.45) is 0 Å². The van der Waals surface area contributed by atoms with Gasteiger partial charge in [0, 0.05) is 45.0 Å². The van der Waals surface area contributed by atoms with Crippen molar-refractivity contribution in [2.75, 3.05) is 14.7 Å². The van der Waals surface area contributed by atoms with Gasteiger partial charge in [0.25, 0.3) is 0 Å². The Morgan fingerprint density at radius 2 is 0.648 bits per heavy atom. The fourth-order valence-corrected chi connectivity index (χ4v) is 11.1. The summed E-state index contributed by atoms with van der Waals surface area (Å²) in [5.74, 6) is 0. The minimum Gasteiger partial charge on any atom is -0.310 e. The van der Waals surface area contributed by atoms with E-state index in [1.54, 1.807) is 0 Å². The van der Waals surface area contributed by atoms with Crippen LogP contribution in [0.3, 0.4) is 0 Å². The Morgan fingerprint density at radius 1 is 0.310 bits per heavy atom. The summed E-state index contributed by atoms with van der Waals surface area (Å²) in [4.78, 5) is 7.49. The second-order valence-electron chi connectivity index (χ2n) is 22.8. The lowest BCUT2D eigenvalue weighted by Gasteiger charge is -2.50. The van der Waals surface area contributed by atoms with E-state index in [2.05, 4.69) is 296 Å². The molecular weight excluding hydrogens is 859 g/mol. The van der Waals surface area contributed by atoms with Crippen molar-refractivity contribution in [3.63, 3.8) is 0 Å². The molecule has 0 spiro atoms. The van der Waals surface area contributed by atoms with Crippen LogP contribution < -0.4 is 14.7 Å². The molecule has 0 aliphatic carbocycles. The van der Waals surface area contributed by atoms with Crippen molar-refractivity contribution in [1.29, 1.82) is 0 Å². The fraction of sp³-hybridized carbons (Fsp3) is 0.206. The van der Waals surface area contributed by atoms with Crippen molar-refractivity contribution < 1.29 is 0 Å². The standard InChI is InChI=1S/C68H65N3/c1-65(2,3)50-29-37-54(38-30-50)69(52-33-25-48(26-34-52)46-19-13-11-14-20-46)56-41-42-63-59(43-56)68(9,10)61-45-57(44-60-64(61)71(63)62-24-18-17-23-58(62)67(60,7)8)70(55-39-31-51(32-40-55)66(4,5)6)53-35-27-49(28-36-53)47-21-15-12-16-22-47/h11-45H,1-10H3. The number of anilines is 9. The maximum absolute atomic E-state index is 2.58. The van der Waals surface area contributed by atoms with E-state index >= 15 is 0 Å². The first-order valence-electron chi connectivity index (χ1n) is 25.3. The van der Waals surface area contributed by atoms with Crippen molar-refractivity contribution in [1.82, 2.24) is 0 Å². The van der Waals surface area contributed by atoms with Crippen molar-refractivity contribution >= 4 is 51.2 Å². The topological polar surface area (TPSA) is 9.72 Å². The number of para-hydroxylation sites is 1. The van der Waals surface area contributed by atoms with Crippen LogP contribution in [-0.4, -0.2) is 0 Å². The summed E-state index contributed by atoms with van der Waals surface area (Å²) < 4.78 is 0. The second kappa shape index (κ2) is 17.1. The Hall–Kier alpha value is -7.62. The summed E-state index contributed by atoms with van der Waals surface area (Å²) in [5.41, 5.74) is 22.6. The third-order valence-corrected chi connectivity index (χ3v) is 15.3. The molecule has 0 bridgehead atoms. The summed E-state index contributed by atoms with van der Waals surface area (Å²) in [7, 11) is 0. The van der Waals surface area contributed by atoms with Gasteiger partial charge in [-0.3, -0.25) is 0 Å². The van der Waals surface area contributed by atoms with E-state index in [0.717, 1.165) is 34.1 Å². The smallest absolute Gasteiger partial charge is 0.0545 e. The summed E-state index contributed by atoms with van der Waals surface area (Å²) in [6, 6.07) is 79.2. The molecule has 0 N–H and O–H groups in total. The zero-order valence-corrected chi connectivity index (χ0v) is 43.0. The highest BCUT2D eigenvalue weighted by molar-refractivity contribution is 5.96. The number of hydrogen-bond acceptors (Lipinski definition) is 3. The Bertz CT molecular complexity index is 3390. The van der Waals surface area contributed by atoms with Crippen LogP contribution in [0.4, 0.5) is 51.2 Å². The first kappa shape index (κ1) is 45.8. The van der Waals surface area contributed by atoms with Crippen LogP contribution in [0, 0.1) is 0 Å². The largest absolute Gasteiger partial charge is 0.310 e. The molecule has 0 amide bonds. The molecule has 9 aromatic carbocycles. The Morgan fingerprint density at radius 3 is 1.10 bits per heavy atom. The lowest BCUT2D eigenvalue weighted by molar-refractivity contribution is 0.590. The van der Waals surface area contributed by atoms with Crippen LogP contribution in [-0.2, 0) is 21.7 Å². The SMILES string of the molecule is CC(C)(C)c1ccc(N(c2ccc(-c3ccccc3)cc2)c2ccc3c(c2)C(C)(C)c2cc(N(c4ccc(-c5ccccc5)cc4)c4ccc(C(C)(C)C)cc4)cc4c2N3c2ccccc2C4(C)C)cc1. The lowest BCUT2D eigenvalue weighted by Crippen LogP contribution is -2.38. The molecule has 352 valence electrons. The third-order valence-electron chi connectivity index (χ3n) is 15.3. The molecule has 0 fully saturated rings. The lowest BCUT2D eigenvalue weighted by atomic mass is 9.66. The Kier molecular flexibility index (Phi) is 11.0. The van der Waals surface area contributed by atoms with Crippen LogP contribution in [0.1, 0.15) is 103 Å². The first-order valence-corrected chi connectivity index (χ1v) is 25.3. The number of nitrogens with zero attached hydrogens (tertiary/aromatic N) is 3. The van der Waals surface area contributed by atoms with E-state index in [9.17, 15) is 0 Å². The molecule has 0 unspecified atom stereocenters. The molecule has 2 aliphatic rings. The van der Waals surface area contributed by atoms with Crippen LogP contribution in [0.2, 0.25) is 0 Å². The van der Waals surface area contributed by atoms with E-state index in [4.69, 9.17) is 0 Å². The van der Waals surface area contributed by atoms with Crippen molar-refractivity contribution in [2.45, 2.75) is 90.9 Å². The zero-order chi connectivity index (χ0) is 49.5. The van der Waals surface area contributed by atoms with Gasteiger partial charge in [-0.25, -0.2) is 0 Å². The highest BCUT2D eigenvalue weighted by Gasteiger charge is 2.46. The van der Waals surface area contributed by atoms with E-state index in [1.165, 1.54) is 72.7 Å². The second-order valence-corrected chi connectivity index (χ2v) is 22.8. The highest BCUT2D eigenvalue weighted by atomic mass is 15.2. The average Bonchev–Trinajstić information content (AvgIpc) is 3.37. The number of fused-ring (bicyclic) bond motifs is 4. The van der Waals surface area contributed by atoms with Crippen LogP contribution in [0.15, 0.2) is 212 Å². The van der Waals surface area contributed by atoms with Gasteiger partial charge < -0.3 is 14.7 Å². The Balaban J connectivity index is 1.11. The zero-order valence-electron chi connectivity index (χ0n) is 43.0. The first-order chi connectivity index (χ1) is 34.0. The van der Waals surface area contributed by atoms with E-state index in [0.29, 0.717) is 0 Å². The van der Waals surface area contributed by atoms with E-state index < -0.39 is 5.41 Å². The quantitative estimate of drug-likeness (QED) is 0.150. The molecule has 2 heterocycles. The molecule has 3 heteroatoms. The molecule has 2 aliphatic heterocycles. The molecule has 0 saturated carbocycles. The van der Waals surface area contributed by atoms with Gasteiger partial charge in [-0.2, -0.15) is 0 Å². The molecule has 3 nitrogen and oxygen atoms in total. The normalized spacial score (nSPS) is 14.3. The summed E-state index contributed by atoms with van der Waals surface area (Å²) in [6.07, 6.45) is 0. The summed E-state index contributed by atoms with van der Waals surface area (Å²) >= 11 is 0. The van der Waals surface area contributed by atoms with Crippen molar-refractivity contribution in [3.8, 4) is 22.3 Å². The molecule has 0 saturated heterocycles. The molecular formula is C68H65N3.